The molecule has 3 rings (SSSR count). The first kappa shape index (κ1) is 23.0. The topological polar surface area (TPSA) is 92.2 Å². The number of nitrogens with one attached hydrogen (secondary N) is 2. The fourth-order valence-corrected chi connectivity index (χ4v) is 2.81. The molecule has 0 heterocycles. The Morgan fingerprint density at radius 3 is 1.88 bits per heavy atom. The minimum atomic E-state index is -0.441. The van der Waals surface area contributed by atoms with E-state index in [1.807, 2.05) is 12.1 Å². The first-order valence-electron chi connectivity index (χ1n) is 9.40. The van der Waals surface area contributed by atoms with Gasteiger partial charge < -0.3 is 4.74 Å². The molecule has 0 unspecified atom stereocenters. The number of hydrogen-bond acceptors (Lipinski definition) is 5. The van der Waals surface area contributed by atoms with Crippen LogP contribution in [0.4, 0.5) is 0 Å². The first-order chi connectivity index (χ1) is 15.5. The summed E-state index contributed by atoms with van der Waals surface area (Å²) in [5.41, 5.74) is 6.53. The number of carbonyl (C=O) groups is 2. The second-order valence-electron chi connectivity index (χ2n) is 6.35. The molecule has 0 fully saturated rings. The van der Waals surface area contributed by atoms with E-state index in [9.17, 15) is 9.59 Å². The molecule has 0 saturated heterocycles. The third-order valence-electron chi connectivity index (χ3n) is 4.06. The van der Waals surface area contributed by atoms with Crippen molar-refractivity contribution in [1.82, 2.24) is 10.9 Å². The van der Waals surface area contributed by atoms with Gasteiger partial charge in [-0.2, -0.15) is 10.2 Å². The highest BCUT2D eigenvalue weighted by molar-refractivity contribution is 6.33. The lowest BCUT2D eigenvalue weighted by Gasteiger charge is -2.06. The van der Waals surface area contributed by atoms with E-state index in [1.54, 1.807) is 60.7 Å². The zero-order valence-electron chi connectivity index (χ0n) is 16.7. The van der Waals surface area contributed by atoms with Crippen molar-refractivity contribution in [1.29, 1.82) is 0 Å². The maximum atomic E-state index is 12.2. The predicted octanol–water partition coefficient (Wildman–Crippen LogP) is 4.29. The molecular formula is C23H18Cl2N4O3. The first-order valence-corrected chi connectivity index (χ1v) is 10.2. The lowest BCUT2D eigenvalue weighted by molar-refractivity contribution is -0.123. The summed E-state index contributed by atoms with van der Waals surface area (Å²) in [6.07, 6.45) is 2.91. The van der Waals surface area contributed by atoms with Crippen LogP contribution in [-0.2, 0) is 4.79 Å². The number of ether oxygens (including phenoxy) is 1. The Morgan fingerprint density at radius 1 is 0.781 bits per heavy atom. The Hall–Kier alpha value is -3.68. The highest BCUT2D eigenvalue weighted by atomic mass is 35.5. The zero-order valence-corrected chi connectivity index (χ0v) is 18.2. The fourth-order valence-electron chi connectivity index (χ4n) is 2.44. The number of carbonyl (C=O) groups excluding carboxylic acids is 2. The molecule has 0 atom stereocenters. The van der Waals surface area contributed by atoms with E-state index in [1.165, 1.54) is 12.4 Å². The number of amides is 2. The van der Waals surface area contributed by atoms with Crippen LogP contribution >= 0.6 is 23.2 Å². The van der Waals surface area contributed by atoms with Gasteiger partial charge in [0.2, 0.25) is 0 Å². The van der Waals surface area contributed by atoms with E-state index in [-0.39, 0.29) is 6.61 Å². The molecule has 0 spiro atoms. The van der Waals surface area contributed by atoms with Gasteiger partial charge >= 0.3 is 0 Å². The van der Waals surface area contributed by atoms with E-state index in [0.717, 1.165) is 0 Å². The number of hydrogen-bond donors (Lipinski definition) is 2. The van der Waals surface area contributed by atoms with Crippen molar-refractivity contribution in [3.8, 4) is 5.75 Å². The summed E-state index contributed by atoms with van der Waals surface area (Å²) in [6, 6.07) is 20.5. The van der Waals surface area contributed by atoms with Gasteiger partial charge in [0, 0.05) is 26.7 Å². The Labute approximate surface area is 194 Å². The summed E-state index contributed by atoms with van der Waals surface area (Å²) in [6.45, 7) is -0.243. The predicted molar refractivity (Wildman–Crippen MR) is 126 cm³/mol. The number of hydrazone groups is 2. The van der Waals surface area contributed by atoms with Gasteiger partial charge in [-0.25, -0.2) is 10.9 Å². The molecule has 7 nitrogen and oxygen atoms in total. The summed E-state index contributed by atoms with van der Waals surface area (Å²) in [4.78, 5) is 24.0. The molecule has 3 aromatic carbocycles. The fraction of sp³-hybridized carbons (Fsp3) is 0.0435. The van der Waals surface area contributed by atoms with Crippen LogP contribution < -0.4 is 15.6 Å². The van der Waals surface area contributed by atoms with Gasteiger partial charge in [-0.15, -0.1) is 0 Å². The van der Waals surface area contributed by atoms with Crippen LogP contribution in [0.15, 0.2) is 83.0 Å². The number of nitrogens with zero attached hydrogens (tertiary/aromatic N) is 2. The monoisotopic (exact) mass is 468 g/mol. The van der Waals surface area contributed by atoms with E-state index in [0.29, 0.717) is 32.5 Å². The lowest BCUT2D eigenvalue weighted by Crippen LogP contribution is -2.24. The number of benzene rings is 3. The molecule has 9 heteroatoms. The molecule has 0 aliphatic carbocycles. The zero-order chi connectivity index (χ0) is 22.8. The molecule has 162 valence electrons. The summed E-state index contributed by atoms with van der Waals surface area (Å²) < 4.78 is 5.39. The Kier molecular flexibility index (Phi) is 8.36. The molecule has 0 bridgehead atoms. The molecule has 2 amide bonds. The second-order valence-corrected chi connectivity index (χ2v) is 7.16. The molecule has 0 aromatic heterocycles. The maximum Gasteiger partial charge on any atom is 0.277 e. The van der Waals surface area contributed by atoms with Gasteiger partial charge in [0.15, 0.2) is 6.61 Å². The van der Waals surface area contributed by atoms with Gasteiger partial charge in [-0.05, 0) is 36.4 Å². The summed E-state index contributed by atoms with van der Waals surface area (Å²) in [5, 5.41) is 8.81. The van der Waals surface area contributed by atoms with Crippen LogP contribution in [0.3, 0.4) is 0 Å². The lowest BCUT2D eigenvalue weighted by atomic mass is 10.2. The highest BCUT2D eigenvalue weighted by Crippen LogP contribution is 2.14. The van der Waals surface area contributed by atoms with Crippen molar-refractivity contribution in [2.24, 2.45) is 10.2 Å². The molecule has 0 aliphatic heterocycles. The van der Waals surface area contributed by atoms with Crippen LogP contribution in [0.25, 0.3) is 0 Å². The Bertz CT molecular complexity index is 1150. The third kappa shape index (κ3) is 6.94. The normalized spacial score (nSPS) is 10.9. The van der Waals surface area contributed by atoms with Gasteiger partial charge in [-0.1, -0.05) is 59.6 Å². The van der Waals surface area contributed by atoms with Crippen molar-refractivity contribution in [3.63, 3.8) is 0 Å². The average molecular weight is 469 g/mol. The van der Waals surface area contributed by atoms with Gasteiger partial charge in [0.1, 0.15) is 5.75 Å². The highest BCUT2D eigenvalue weighted by Gasteiger charge is 2.06. The largest absolute Gasteiger partial charge is 0.484 e. The van der Waals surface area contributed by atoms with Crippen molar-refractivity contribution >= 4 is 47.4 Å². The van der Waals surface area contributed by atoms with Gasteiger partial charge in [0.25, 0.3) is 11.8 Å². The molecule has 2 N–H and O–H groups in total. The van der Waals surface area contributed by atoms with Crippen molar-refractivity contribution in [3.05, 3.63) is 99.5 Å². The van der Waals surface area contributed by atoms with E-state index < -0.39 is 11.8 Å². The molecule has 0 radical (unpaired) electrons. The van der Waals surface area contributed by atoms with Crippen LogP contribution in [-0.4, -0.2) is 30.9 Å². The second kappa shape index (κ2) is 11.6. The van der Waals surface area contributed by atoms with Gasteiger partial charge in [-0.3, -0.25) is 9.59 Å². The summed E-state index contributed by atoms with van der Waals surface area (Å²) in [5.74, 6) is -0.415. The SMILES string of the molecule is O=C(COc1ccc(C(=O)N/N=C/c2ccccc2Cl)cc1)N/N=C/c1ccccc1Cl. The van der Waals surface area contributed by atoms with Crippen LogP contribution in [0.1, 0.15) is 21.5 Å². The third-order valence-corrected chi connectivity index (χ3v) is 4.75. The summed E-state index contributed by atoms with van der Waals surface area (Å²) in [7, 11) is 0. The number of halogens is 2. The summed E-state index contributed by atoms with van der Waals surface area (Å²) >= 11 is 12.0. The van der Waals surface area contributed by atoms with Crippen molar-refractivity contribution < 1.29 is 14.3 Å². The van der Waals surface area contributed by atoms with Crippen LogP contribution in [0, 0.1) is 0 Å². The molecule has 0 saturated carbocycles. The average Bonchev–Trinajstić information content (AvgIpc) is 2.80. The Morgan fingerprint density at radius 2 is 1.31 bits per heavy atom. The smallest absolute Gasteiger partial charge is 0.277 e. The molecular weight excluding hydrogens is 451 g/mol. The number of rotatable bonds is 8. The van der Waals surface area contributed by atoms with E-state index in [4.69, 9.17) is 27.9 Å². The standard InChI is InChI=1S/C23H18Cl2N4O3/c24-20-7-3-1-5-17(20)13-26-28-22(30)15-32-19-11-9-16(10-12-19)23(31)29-27-14-18-6-2-4-8-21(18)25/h1-14H,15H2,(H,28,30)(H,29,31)/b26-13+,27-14+. The van der Waals surface area contributed by atoms with E-state index in [2.05, 4.69) is 21.1 Å². The quantitative estimate of drug-likeness (QED) is 0.381. The van der Waals surface area contributed by atoms with Crippen LogP contribution in [0.5, 0.6) is 5.75 Å². The van der Waals surface area contributed by atoms with Gasteiger partial charge in [0.05, 0.1) is 12.4 Å². The molecule has 32 heavy (non-hydrogen) atoms. The van der Waals surface area contributed by atoms with Crippen molar-refractivity contribution in [2.75, 3.05) is 6.61 Å². The maximum absolute atomic E-state index is 12.2. The Balaban J connectivity index is 1.45. The molecule has 3 aromatic rings. The van der Waals surface area contributed by atoms with Crippen molar-refractivity contribution in [2.45, 2.75) is 0 Å². The van der Waals surface area contributed by atoms with Crippen LogP contribution in [0.2, 0.25) is 10.0 Å². The molecule has 0 aliphatic rings. The minimum Gasteiger partial charge on any atom is -0.484 e. The van der Waals surface area contributed by atoms with E-state index >= 15 is 0 Å². The minimum absolute atomic E-state index is 0.243.